The molecule has 0 aliphatic carbocycles. The second kappa shape index (κ2) is 12.6. The van der Waals surface area contributed by atoms with E-state index in [2.05, 4.69) is 21.5 Å². The van der Waals surface area contributed by atoms with E-state index in [9.17, 15) is 23.6 Å². The quantitative estimate of drug-likeness (QED) is 0.188. The zero-order valence-electron chi connectivity index (χ0n) is 24.0. The molecule has 1 aromatic heterocycles. The SMILES string of the molecule is CC1CC(C=O)CCN1c1ccc(-n2cnc3ccc(Oc4c(F)ccc(NSN5CCC(F)C5)c4C#N)cc3c2=O)cc1. The summed E-state index contributed by atoms with van der Waals surface area (Å²) in [5.41, 5.74) is 2.01. The maximum Gasteiger partial charge on any atom is 0.265 e. The summed E-state index contributed by atoms with van der Waals surface area (Å²) in [6.45, 7) is 3.71. The topological polar surface area (TPSA) is 103 Å². The number of rotatable bonds is 8. The van der Waals surface area contributed by atoms with E-state index in [0.29, 0.717) is 29.9 Å². The fraction of sp³-hybridized carbons (Fsp3) is 0.312. The predicted molar refractivity (Wildman–Crippen MR) is 166 cm³/mol. The second-order valence-electron chi connectivity index (χ2n) is 11.1. The molecule has 0 spiro atoms. The number of carbonyl (C=O) groups is 1. The van der Waals surface area contributed by atoms with Gasteiger partial charge in [0.05, 0.1) is 22.3 Å². The van der Waals surface area contributed by atoms with Gasteiger partial charge >= 0.3 is 0 Å². The lowest BCUT2D eigenvalue weighted by atomic mass is 9.92. The Labute approximate surface area is 257 Å². The highest BCUT2D eigenvalue weighted by Crippen LogP contribution is 2.35. The zero-order valence-corrected chi connectivity index (χ0v) is 24.8. The van der Waals surface area contributed by atoms with Crippen LogP contribution in [0.5, 0.6) is 11.5 Å². The number of benzene rings is 3. The Morgan fingerprint density at radius 3 is 2.61 bits per heavy atom. The van der Waals surface area contributed by atoms with Crippen LogP contribution in [0.3, 0.4) is 0 Å². The Morgan fingerprint density at radius 2 is 1.91 bits per heavy atom. The van der Waals surface area contributed by atoms with E-state index in [0.717, 1.165) is 43.5 Å². The van der Waals surface area contributed by atoms with Crippen LogP contribution in [-0.4, -0.2) is 52.0 Å². The van der Waals surface area contributed by atoms with E-state index >= 15 is 0 Å². The van der Waals surface area contributed by atoms with E-state index < -0.39 is 12.0 Å². The van der Waals surface area contributed by atoms with E-state index in [1.54, 1.807) is 16.4 Å². The van der Waals surface area contributed by atoms with Crippen molar-refractivity contribution in [2.45, 2.75) is 38.4 Å². The molecule has 3 atom stereocenters. The minimum absolute atomic E-state index is 0.0537. The Hall–Kier alpha value is -4.47. The first kappa shape index (κ1) is 29.6. The highest BCUT2D eigenvalue weighted by Gasteiger charge is 2.26. The van der Waals surface area contributed by atoms with E-state index in [-0.39, 0.29) is 46.5 Å². The molecule has 3 heterocycles. The molecule has 1 N–H and O–H groups in total. The minimum atomic E-state index is -0.903. The molecule has 0 amide bonds. The monoisotopic (exact) mass is 616 g/mol. The number of nitrogens with one attached hydrogen (secondary N) is 1. The summed E-state index contributed by atoms with van der Waals surface area (Å²) in [4.78, 5) is 31.5. The van der Waals surface area contributed by atoms with Crippen LogP contribution in [0.2, 0.25) is 0 Å². The van der Waals surface area contributed by atoms with Crippen LogP contribution in [0, 0.1) is 23.1 Å². The largest absolute Gasteiger partial charge is 0.453 e. The molecular formula is C32H30F2N6O3S. The van der Waals surface area contributed by atoms with Crippen LogP contribution in [-0.2, 0) is 4.79 Å². The summed E-state index contributed by atoms with van der Waals surface area (Å²) >= 11 is 1.15. The first-order valence-electron chi connectivity index (χ1n) is 14.4. The molecule has 12 heteroatoms. The highest BCUT2D eigenvalue weighted by atomic mass is 32.2. The van der Waals surface area contributed by atoms with Gasteiger partial charge in [-0.15, -0.1) is 0 Å². The summed E-state index contributed by atoms with van der Waals surface area (Å²) in [5.74, 6) is -0.771. The molecule has 9 nitrogen and oxygen atoms in total. The zero-order chi connectivity index (χ0) is 30.8. The summed E-state index contributed by atoms with van der Waals surface area (Å²) in [6, 6.07) is 17.1. The van der Waals surface area contributed by atoms with Crippen molar-refractivity contribution in [1.29, 1.82) is 5.26 Å². The second-order valence-corrected chi connectivity index (χ2v) is 12.0. The lowest BCUT2D eigenvalue weighted by Crippen LogP contribution is -2.41. The number of anilines is 2. The van der Waals surface area contributed by atoms with E-state index in [1.807, 2.05) is 30.3 Å². The van der Waals surface area contributed by atoms with Crippen LogP contribution < -0.4 is 19.9 Å². The van der Waals surface area contributed by atoms with Crippen LogP contribution in [0.1, 0.15) is 31.7 Å². The van der Waals surface area contributed by atoms with Gasteiger partial charge in [0.15, 0.2) is 11.6 Å². The molecule has 2 fully saturated rings. The van der Waals surface area contributed by atoms with Gasteiger partial charge in [-0.2, -0.15) is 5.26 Å². The number of hydrogen-bond acceptors (Lipinski definition) is 9. The average Bonchev–Trinajstić information content (AvgIpc) is 3.46. The van der Waals surface area contributed by atoms with E-state index in [1.165, 1.54) is 29.1 Å². The number of carbonyl (C=O) groups excluding carboxylic acids is 1. The standard InChI is InChI=1S/C32H30F2N6O3S/c1-20-14-21(18-41)10-13-39(20)23-2-4-24(5-3-23)40-19-36-29-8-6-25(15-26(29)32(40)42)43-31-27(16-35)30(9-7-28(31)34)37-44-38-12-11-22(33)17-38/h2-9,15,18-22,37H,10-14,17H2,1H3. The number of fused-ring (bicyclic) bond motifs is 1. The number of piperidine rings is 1. The summed E-state index contributed by atoms with van der Waals surface area (Å²) in [5, 5.41) is 10.1. The maximum atomic E-state index is 14.9. The van der Waals surface area contributed by atoms with Gasteiger partial charge in [-0.05, 0) is 80.8 Å². The summed E-state index contributed by atoms with van der Waals surface area (Å²) in [7, 11) is 0. The number of nitrogens with zero attached hydrogens (tertiary/aromatic N) is 5. The summed E-state index contributed by atoms with van der Waals surface area (Å²) in [6.07, 6.45) is 3.65. The molecule has 3 aromatic carbocycles. The number of hydrogen-bond donors (Lipinski definition) is 1. The fourth-order valence-electron chi connectivity index (χ4n) is 5.72. The lowest BCUT2D eigenvalue weighted by molar-refractivity contribution is -0.111. The number of aldehydes is 1. The molecule has 0 radical (unpaired) electrons. The fourth-order valence-corrected chi connectivity index (χ4v) is 6.55. The molecule has 2 saturated heterocycles. The van der Waals surface area contributed by atoms with Gasteiger partial charge in [0, 0.05) is 49.4 Å². The van der Waals surface area contributed by atoms with Gasteiger partial charge in [0.2, 0.25) is 0 Å². The van der Waals surface area contributed by atoms with Gasteiger partial charge in [0.1, 0.15) is 36.2 Å². The summed E-state index contributed by atoms with van der Waals surface area (Å²) < 4.78 is 40.6. The Morgan fingerprint density at radius 1 is 1.11 bits per heavy atom. The lowest BCUT2D eigenvalue weighted by Gasteiger charge is -2.37. The molecule has 3 unspecified atom stereocenters. The number of ether oxygens (including phenoxy) is 1. The van der Waals surface area contributed by atoms with Crippen LogP contribution >= 0.6 is 12.1 Å². The normalized spacial score (nSPS) is 20.4. The molecule has 2 aliphatic heterocycles. The third-order valence-electron chi connectivity index (χ3n) is 8.12. The van der Waals surface area contributed by atoms with Crippen molar-refractivity contribution in [3.05, 3.63) is 82.7 Å². The molecule has 0 saturated carbocycles. The third-order valence-corrected chi connectivity index (χ3v) is 9.02. The number of aromatic nitrogens is 2. The smallest absolute Gasteiger partial charge is 0.265 e. The van der Waals surface area contributed by atoms with Crippen molar-refractivity contribution in [3.63, 3.8) is 0 Å². The minimum Gasteiger partial charge on any atom is -0.453 e. The average molecular weight is 617 g/mol. The predicted octanol–water partition coefficient (Wildman–Crippen LogP) is 6.01. The molecule has 0 bridgehead atoms. The van der Waals surface area contributed by atoms with Crippen molar-refractivity contribution in [1.82, 2.24) is 13.9 Å². The Bertz CT molecular complexity index is 1790. The Kier molecular flexibility index (Phi) is 8.50. The molecule has 4 aromatic rings. The number of halogens is 2. The van der Waals surface area contributed by atoms with Crippen molar-refractivity contribution in [2.24, 2.45) is 5.92 Å². The van der Waals surface area contributed by atoms with Crippen LogP contribution in [0.4, 0.5) is 20.2 Å². The van der Waals surface area contributed by atoms with Crippen LogP contribution in [0.25, 0.3) is 16.6 Å². The van der Waals surface area contributed by atoms with Gasteiger partial charge in [-0.25, -0.2) is 18.1 Å². The van der Waals surface area contributed by atoms with Crippen molar-refractivity contribution >= 4 is 40.7 Å². The molecule has 44 heavy (non-hydrogen) atoms. The molecule has 6 rings (SSSR count). The van der Waals surface area contributed by atoms with Crippen LogP contribution in [0.15, 0.2) is 65.7 Å². The van der Waals surface area contributed by atoms with E-state index in [4.69, 9.17) is 4.74 Å². The Balaban J connectivity index is 1.25. The molecular weight excluding hydrogens is 586 g/mol. The van der Waals surface area contributed by atoms with Gasteiger partial charge in [-0.3, -0.25) is 9.36 Å². The van der Waals surface area contributed by atoms with Crippen molar-refractivity contribution in [3.8, 4) is 23.3 Å². The van der Waals surface area contributed by atoms with Crippen molar-refractivity contribution < 1.29 is 18.3 Å². The highest BCUT2D eigenvalue weighted by molar-refractivity contribution is 7.98. The van der Waals surface area contributed by atoms with Gasteiger partial charge in [-0.1, -0.05) is 0 Å². The molecule has 2 aliphatic rings. The number of alkyl halides is 1. The first-order chi connectivity index (χ1) is 21.3. The van der Waals surface area contributed by atoms with Gasteiger partial charge < -0.3 is 19.2 Å². The maximum absolute atomic E-state index is 14.9. The van der Waals surface area contributed by atoms with Crippen molar-refractivity contribution in [2.75, 3.05) is 29.3 Å². The molecule has 226 valence electrons. The first-order valence-corrected chi connectivity index (χ1v) is 15.2. The number of nitriles is 1. The third kappa shape index (κ3) is 5.98. The van der Waals surface area contributed by atoms with Gasteiger partial charge in [0.25, 0.3) is 5.56 Å².